The molecular weight excluding hydrogens is 134 g/mol. The first-order valence-corrected chi connectivity index (χ1v) is 2.98. The van der Waals surface area contributed by atoms with Crippen LogP contribution >= 0.6 is 0 Å². The van der Waals surface area contributed by atoms with Crippen LogP contribution in [-0.4, -0.2) is 0 Å². The Morgan fingerprint density at radius 2 is 2.00 bits per heavy atom. The topological polar surface area (TPSA) is 0 Å². The Morgan fingerprint density at radius 1 is 1.40 bits per heavy atom. The third-order valence-electron chi connectivity index (χ3n) is 0.975. The van der Waals surface area contributed by atoms with Crippen molar-refractivity contribution in [3.8, 4) is 0 Å². The number of halogens is 2. The van der Waals surface area contributed by atoms with E-state index in [1.807, 2.05) is 0 Å². The third kappa shape index (κ3) is 3.17. The summed E-state index contributed by atoms with van der Waals surface area (Å²) < 4.78 is 24.1. The molecule has 0 heterocycles. The molecule has 0 atom stereocenters. The normalized spacial score (nSPS) is 14.8. The van der Waals surface area contributed by atoms with Gasteiger partial charge in [0.05, 0.1) is 6.33 Å². The van der Waals surface area contributed by atoms with E-state index in [1.165, 1.54) is 19.1 Å². The predicted octanol–water partition coefficient (Wildman–Crippen LogP) is 3.29. The Kier molecular flexibility index (Phi) is 4.46. The first-order valence-electron chi connectivity index (χ1n) is 2.98. The maximum absolute atomic E-state index is 12.5. The molecule has 0 radical (unpaired) electrons. The van der Waals surface area contributed by atoms with Gasteiger partial charge in [0.1, 0.15) is 5.83 Å². The molecule has 0 nitrogen and oxygen atoms in total. The Hall–Kier alpha value is -0.920. The molecule has 0 fully saturated rings. The lowest BCUT2D eigenvalue weighted by Gasteiger charge is -1.89. The molecule has 0 aliphatic heterocycles. The molecule has 0 aromatic rings. The number of hydrogen-bond acceptors (Lipinski definition) is 0. The van der Waals surface area contributed by atoms with Crippen LogP contribution in [0, 0.1) is 0 Å². The molecule has 56 valence electrons. The first kappa shape index (κ1) is 9.08. The van der Waals surface area contributed by atoms with Crippen LogP contribution in [0.5, 0.6) is 0 Å². The SMILES string of the molecule is C\C=C/C=C(F)\C(C)=C\F. The lowest BCUT2D eigenvalue weighted by molar-refractivity contribution is 0.632. The van der Waals surface area contributed by atoms with Gasteiger partial charge in [-0.1, -0.05) is 12.2 Å². The maximum atomic E-state index is 12.5. The fourth-order valence-corrected chi connectivity index (χ4v) is 0.364. The van der Waals surface area contributed by atoms with Crippen molar-refractivity contribution in [1.29, 1.82) is 0 Å². The van der Waals surface area contributed by atoms with Crippen LogP contribution in [0.3, 0.4) is 0 Å². The molecule has 0 aliphatic rings. The van der Waals surface area contributed by atoms with Gasteiger partial charge in [-0.05, 0) is 19.9 Å². The van der Waals surface area contributed by atoms with Gasteiger partial charge in [-0.2, -0.15) is 0 Å². The second-order valence-corrected chi connectivity index (χ2v) is 1.83. The van der Waals surface area contributed by atoms with Crippen molar-refractivity contribution in [3.05, 3.63) is 36.0 Å². The van der Waals surface area contributed by atoms with Crippen molar-refractivity contribution in [2.24, 2.45) is 0 Å². The van der Waals surface area contributed by atoms with Crippen LogP contribution < -0.4 is 0 Å². The van der Waals surface area contributed by atoms with E-state index in [1.54, 1.807) is 13.0 Å². The van der Waals surface area contributed by atoms with Crippen molar-refractivity contribution in [2.75, 3.05) is 0 Å². The third-order valence-corrected chi connectivity index (χ3v) is 0.975. The Morgan fingerprint density at radius 3 is 2.40 bits per heavy atom. The minimum Gasteiger partial charge on any atom is -0.215 e. The van der Waals surface area contributed by atoms with E-state index in [2.05, 4.69) is 0 Å². The van der Waals surface area contributed by atoms with Crippen LogP contribution in [0.25, 0.3) is 0 Å². The van der Waals surface area contributed by atoms with Gasteiger partial charge in [-0.3, -0.25) is 0 Å². The number of rotatable bonds is 2. The molecule has 0 aromatic heterocycles. The highest BCUT2D eigenvalue weighted by molar-refractivity contribution is 5.24. The van der Waals surface area contributed by atoms with E-state index in [4.69, 9.17) is 0 Å². The van der Waals surface area contributed by atoms with Crippen LogP contribution in [0.1, 0.15) is 13.8 Å². The van der Waals surface area contributed by atoms with Crippen LogP contribution in [0.2, 0.25) is 0 Å². The molecule has 0 bridgehead atoms. The molecule has 0 aliphatic carbocycles. The molecule has 0 rings (SSSR count). The van der Waals surface area contributed by atoms with Gasteiger partial charge in [-0.25, -0.2) is 8.78 Å². The standard InChI is InChI=1S/C8H10F2/c1-3-4-5-8(10)7(2)6-9/h3-6H,1-2H3/b4-3-,7-6+,8-5+. The number of hydrogen-bond donors (Lipinski definition) is 0. The molecular formula is C8H10F2. The number of allylic oxidation sites excluding steroid dienone is 5. The van der Waals surface area contributed by atoms with Crippen molar-refractivity contribution < 1.29 is 8.78 Å². The fraction of sp³-hybridized carbons (Fsp3) is 0.250. The summed E-state index contributed by atoms with van der Waals surface area (Å²) >= 11 is 0. The Labute approximate surface area is 59.6 Å². The fourth-order valence-electron chi connectivity index (χ4n) is 0.364. The molecule has 0 amide bonds. The average Bonchev–Trinajstić information content (AvgIpc) is 1.98. The quantitative estimate of drug-likeness (QED) is 0.521. The van der Waals surface area contributed by atoms with Crippen molar-refractivity contribution in [1.82, 2.24) is 0 Å². The summed E-state index contributed by atoms with van der Waals surface area (Å²) in [6.45, 7) is 3.13. The average molecular weight is 144 g/mol. The van der Waals surface area contributed by atoms with E-state index in [0.29, 0.717) is 0 Å². The molecule has 10 heavy (non-hydrogen) atoms. The predicted molar refractivity (Wildman–Crippen MR) is 38.9 cm³/mol. The zero-order valence-corrected chi connectivity index (χ0v) is 6.07. The minimum absolute atomic E-state index is 0.0121. The van der Waals surface area contributed by atoms with E-state index >= 15 is 0 Å². The van der Waals surface area contributed by atoms with E-state index in [9.17, 15) is 8.78 Å². The lowest BCUT2D eigenvalue weighted by atomic mass is 10.3. The monoisotopic (exact) mass is 144 g/mol. The van der Waals surface area contributed by atoms with Crippen molar-refractivity contribution >= 4 is 0 Å². The van der Waals surface area contributed by atoms with Crippen LogP contribution in [-0.2, 0) is 0 Å². The highest BCUT2D eigenvalue weighted by Crippen LogP contribution is 2.10. The molecule has 0 spiro atoms. The summed E-state index contributed by atoms with van der Waals surface area (Å²) in [5.41, 5.74) is 0.0121. The first-order chi connectivity index (χ1) is 4.72. The van der Waals surface area contributed by atoms with Crippen LogP contribution in [0.15, 0.2) is 36.0 Å². The van der Waals surface area contributed by atoms with E-state index < -0.39 is 5.83 Å². The summed E-state index contributed by atoms with van der Waals surface area (Å²) in [6.07, 6.45) is 4.65. The minimum atomic E-state index is -0.541. The summed E-state index contributed by atoms with van der Waals surface area (Å²) in [6, 6.07) is 0. The van der Waals surface area contributed by atoms with Gasteiger partial charge in [0.25, 0.3) is 0 Å². The smallest absolute Gasteiger partial charge is 0.128 e. The summed E-state index contributed by atoms with van der Waals surface area (Å²) in [4.78, 5) is 0. The lowest BCUT2D eigenvalue weighted by Crippen LogP contribution is -1.73. The van der Waals surface area contributed by atoms with Crippen molar-refractivity contribution in [3.63, 3.8) is 0 Å². The summed E-state index contributed by atoms with van der Waals surface area (Å²) in [5, 5.41) is 0. The zero-order valence-electron chi connectivity index (χ0n) is 6.07. The molecule has 0 aromatic carbocycles. The Bertz CT molecular complexity index is 176. The van der Waals surface area contributed by atoms with Gasteiger partial charge in [-0.15, -0.1) is 0 Å². The second kappa shape index (κ2) is 4.91. The van der Waals surface area contributed by atoms with Gasteiger partial charge in [0, 0.05) is 5.57 Å². The van der Waals surface area contributed by atoms with E-state index in [-0.39, 0.29) is 11.9 Å². The van der Waals surface area contributed by atoms with Crippen molar-refractivity contribution in [2.45, 2.75) is 13.8 Å². The van der Waals surface area contributed by atoms with Crippen LogP contribution in [0.4, 0.5) is 8.78 Å². The highest BCUT2D eigenvalue weighted by atomic mass is 19.1. The molecule has 0 unspecified atom stereocenters. The Balaban J connectivity index is 4.19. The van der Waals surface area contributed by atoms with Gasteiger partial charge >= 0.3 is 0 Å². The zero-order chi connectivity index (χ0) is 7.98. The molecule has 0 N–H and O–H groups in total. The molecule has 0 saturated heterocycles. The molecule has 0 saturated carbocycles. The summed E-state index contributed by atoms with van der Waals surface area (Å²) in [7, 11) is 0. The second-order valence-electron chi connectivity index (χ2n) is 1.83. The van der Waals surface area contributed by atoms with Gasteiger partial charge in [0.2, 0.25) is 0 Å². The summed E-state index contributed by atoms with van der Waals surface area (Å²) in [5.74, 6) is -0.541. The molecule has 2 heteroatoms. The van der Waals surface area contributed by atoms with Gasteiger partial charge < -0.3 is 0 Å². The largest absolute Gasteiger partial charge is 0.215 e. The maximum Gasteiger partial charge on any atom is 0.128 e. The highest BCUT2D eigenvalue weighted by Gasteiger charge is 1.93. The van der Waals surface area contributed by atoms with E-state index in [0.717, 1.165) is 0 Å². The van der Waals surface area contributed by atoms with Gasteiger partial charge in [0.15, 0.2) is 0 Å².